The summed E-state index contributed by atoms with van der Waals surface area (Å²) in [6, 6.07) is 12.6. The van der Waals surface area contributed by atoms with Gasteiger partial charge in [-0.25, -0.2) is 0 Å². The number of hydrogen-bond donors (Lipinski definition) is 0. The molecule has 5 nitrogen and oxygen atoms in total. The predicted molar refractivity (Wildman–Crippen MR) is 118 cm³/mol. The number of hydrogen-bond acceptors (Lipinski definition) is 4. The summed E-state index contributed by atoms with van der Waals surface area (Å²) in [5.74, 6) is 1.49. The van der Waals surface area contributed by atoms with Crippen molar-refractivity contribution in [2.24, 2.45) is 0 Å². The molecule has 3 heterocycles. The van der Waals surface area contributed by atoms with Gasteiger partial charge in [0.25, 0.3) is 5.91 Å². The van der Waals surface area contributed by atoms with Gasteiger partial charge in [0.2, 0.25) is 0 Å². The van der Waals surface area contributed by atoms with Crippen LogP contribution in [0.2, 0.25) is 5.02 Å². The molecule has 0 aliphatic carbocycles. The Hall–Kier alpha value is -2.24. The standard InChI is InChI=1S/C24H27ClN2O3/c1-26-16-3-4-17(26)13-20(12-16)30-23-8-5-18(14-22(23)25)27-10-9-15-11-19(29-2)6-7-21(15)24(27)28/h5-8,11,14,16-17,20H,3-4,9-10,12-13H2,1-2H3/t16-,17+,20?. The third kappa shape index (κ3) is 3.44. The van der Waals surface area contributed by atoms with Crippen molar-refractivity contribution >= 4 is 23.2 Å². The van der Waals surface area contributed by atoms with Crippen molar-refractivity contribution in [3.05, 3.63) is 52.5 Å². The van der Waals surface area contributed by atoms with Gasteiger partial charge >= 0.3 is 0 Å². The van der Waals surface area contributed by atoms with Crippen LogP contribution < -0.4 is 14.4 Å². The molecule has 2 aromatic carbocycles. The summed E-state index contributed by atoms with van der Waals surface area (Å²) in [7, 11) is 3.87. The van der Waals surface area contributed by atoms with Crippen molar-refractivity contribution in [1.29, 1.82) is 0 Å². The molecule has 3 aliphatic rings. The van der Waals surface area contributed by atoms with E-state index in [4.69, 9.17) is 21.1 Å². The van der Waals surface area contributed by atoms with Gasteiger partial charge in [-0.3, -0.25) is 4.79 Å². The molecule has 2 fully saturated rings. The fourth-order valence-electron chi connectivity index (χ4n) is 5.23. The highest BCUT2D eigenvalue weighted by molar-refractivity contribution is 6.32. The maximum absolute atomic E-state index is 13.0. The Morgan fingerprint density at radius 1 is 1.07 bits per heavy atom. The molecule has 0 saturated carbocycles. The van der Waals surface area contributed by atoms with Crippen LogP contribution in [0.15, 0.2) is 36.4 Å². The zero-order valence-corrected chi connectivity index (χ0v) is 18.2. The van der Waals surface area contributed by atoms with Gasteiger partial charge < -0.3 is 19.3 Å². The molecule has 3 atom stereocenters. The number of carbonyl (C=O) groups is 1. The van der Waals surface area contributed by atoms with Crippen LogP contribution in [0.3, 0.4) is 0 Å². The number of anilines is 1. The Bertz CT molecular complexity index is 965. The molecule has 2 aromatic rings. The highest BCUT2D eigenvalue weighted by Crippen LogP contribution is 2.38. The summed E-state index contributed by atoms with van der Waals surface area (Å²) >= 11 is 6.58. The molecule has 1 unspecified atom stereocenters. The van der Waals surface area contributed by atoms with Gasteiger partial charge in [-0.05, 0) is 81.1 Å². The number of ether oxygens (including phenoxy) is 2. The van der Waals surface area contributed by atoms with E-state index in [1.807, 2.05) is 36.4 Å². The highest BCUT2D eigenvalue weighted by atomic mass is 35.5. The molecule has 1 amide bonds. The Morgan fingerprint density at radius 2 is 1.83 bits per heavy atom. The summed E-state index contributed by atoms with van der Waals surface area (Å²) in [6.07, 6.45) is 5.62. The molecule has 0 aromatic heterocycles. The van der Waals surface area contributed by atoms with E-state index < -0.39 is 0 Å². The molecule has 2 bridgehead atoms. The quantitative estimate of drug-likeness (QED) is 0.719. The molecule has 0 N–H and O–H groups in total. The third-order valence-electron chi connectivity index (χ3n) is 6.97. The van der Waals surface area contributed by atoms with Crippen LogP contribution in [0, 0.1) is 0 Å². The maximum Gasteiger partial charge on any atom is 0.258 e. The molecule has 158 valence electrons. The van der Waals surface area contributed by atoms with Gasteiger partial charge in [-0.1, -0.05) is 11.6 Å². The molecule has 3 aliphatic heterocycles. The topological polar surface area (TPSA) is 42.0 Å². The molecule has 2 saturated heterocycles. The number of fused-ring (bicyclic) bond motifs is 3. The maximum atomic E-state index is 13.0. The largest absolute Gasteiger partial charge is 0.497 e. The highest BCUT2D eigenvalue weighted by Gasteiger charge is 2.39. The summed E-state index contributed by atoms with van der Waals surface area (Å²) in [5.41, 5.74) is 2.56. The molecular weight excluding hydrogens is 400 g/mol. The monoisotopic (exact) mass is 426 g/mol. The van der Waals surface area contributed by atoms with Crippen molar-refractivity contribution in [2.45, 2.75) is 50.3 Å². The van der Waals surface area contributed by atoms with Crippen LogP contribution >= 0.6 is 11.6 Å². The van der Waals surface area contributed by atoms with Crippen LogP contribution in [0.1, 0.15) is 41.6 Å². The van der Waals surface area contributed by atoms with Crippen molar-refractivity contribution in [3.8, 4) is 11.5 Å². The van der Waals surface area contributed by atoms with E-state index in [0.717, 1.165) is 41.8 Å². The van der Waals surface area contributed by atoms with Crippen molar-refractivity contribution in [3.63, 3.8) is 0 Å². The first-order chi connectivity index (χ1) is 14.5. The lowest BCUT2D eigenvalue weighted by molar-refractivity contribution is 0.0662. The zero-order chi connectivity index (χ0) is 20.8. The fourth-order valence-corrected chi connectivity index (χ4v) is 5.45. The molecule has 6 heteroatoms. The van der Waals surface area contributed by atoms with Crippen LogP contribution in [0.5, 0.6) is 11.5 Å². The summed E-state index contributed by atoms with van der Waals surface area (Å²) in [4.78, 5) is 17.3. The summed E-state index contributed by atoms with van der Waals surface area (Å²) in [6.45, 7) is 0.619. The molecule has 5 rings (SSSR count). The SMILES string of the molecule is COc1ccc2c(c1)CCN(c1ccc(OC3C[C@H]4CC[C@@H](C3)N4C)c(Cl)c1)C2=O. The van der Waals surface area contributed by atoms with E-state index in [-0.39, 0.29) is 12.0 Å². The normalized spacial score (nSPS) is 25.9. The second-order valence-corrected chi connectivity index (χ2v) is 9.01. The molecule has 30 heavy (non-hydrogen) atoms. The lowest BCUT2D eigenvalue weighted by atomic mass is 9.98. The van der Waals surface area contributed by atoms with Crippen molar-refractivity contribution in [1.82, 2.24) is 4.90 Å². The lowest BCUT2D eigenvalue weighted by Crippen LogP contribution is -2.43. The number of nitrogens with zero attached hydrogens (tertiary/aromatic N) is 2. The Morgan fingerprint density at radius 3 is 2.53 bits per heavy atom. The lowest BCUT2D eigenvalue weighted by Gasteiger charge is -2.36. The molecule has 0 spiro atoms. The minimum absolute atomic E-state index is 0.00414. The number of methoxy groups -OCH3 is 1. The van der Waals surface area contributed by atoms with E-state index in [0.29, 0.717) is 29.4 Å². The third-order valence-corrected chi connectivity index (χ3v) is 7.26. The van der Waals surface area contributed by atoms with E-state index in [2.05, 4.69) is 11.9 Å². The van der Waals surface area contributed by atoms with Crippen LogP contribution in [0.25, 0.3) is 0 Å². The number of rotatable bonds is 4. The first-order valence-electron chi connectivity index (χ1n) is 10.7. The Balaban J connectivity index is 1.32. The van der Waals surface area contributed by atoms with E-state index >= 15 is 0 Å². The van der Waals surface area contributed by atoms with E-state index in [1.54, 1.807) is 12.0 Å². The van der Waals surface area contributed by atoms with Crippen LogP contribution in [0.4, 0.5) is 5.69 Å². The minimum Gasteiger partial charge on any atom is -0.497 e. The smallest absolute Gasteiger partial charge is 0.258 e. The number of piperidine rings is 1. The van der Waals surface area contributed by atoms with Gasteiger partial charge in [0.1, 0.15) is 17.6 Å². The zero-order valence-electron chi connectivity index (χ0n) is 17.4. The fraction of sp³-hybridized carbons (Fsp3) is 0.458. The first-order valence-corrected chi connectivity index (χ1v) is 11.1. The van der Waals surface area contributed by atoms with Gasteiger partial charge in [0.05, 0.1) is 12.1 Å². The summed E-state index contributed by atoms with van der Waals surface area (Å²) in [5, 5.41) is 0.562. The second kappa shape index (κ2) is 7.78. The average molecular weight is 427 g/mol. The number of amides is 1. The van der Waals surface area contributed by atoms with Crippen molar-refractivity contribution < 1.29 is 14.3 Å². The minimum atomic E-state index is -0.00414. The van der Waals surface area contributed by atoms with Gasteiger partial charge in [-0.2, -0.15) is 0 Å². The van der Waals surface area contributed by atoms with Crippen LogP contribution in [-0.4, -0.2) is 49.7 Å². The van der Waals surface area contributed by atoms with Gasteiger partial charge in [0.15, 0.2) is 0 Å². The Labute approximate surface area is 182 Å². The predicted octanol–water partition coefficient (Wildman–Crippen LogP) is 4.56. The van der Waals surface area contributed by atoms with E-state index in [9.17, 15) is 4.79 Å². The number of halogens is 1. The molecular formula is C24H27ClN2O3. The summed E-state index contributed by atoms with van der Waals surface area (Å²) < 4.78 is 11.6. The average Bonchev–Trinajstić information content (AvgIpc) is 2.96. The van der Waals surface area contributed by atoms with Gasteiger partial charge in [-0.15, -0.1) is 0 Å². The second-order valence-electron chi connectivity index (χ2n) is 8.61. The number of carbonyl (C=O) groups excluding carboxylic acids is 1. The molecule has 0 radical (unpaired) electrons. The van der Waals surface area contributed by atoms with Gasteiger partial charge in [0, 0.05) is 29.9 Å². The van der Waals surface area contributed by atoms with E-state index in [1.165, 1.54) is 12.8 Å². The first kappa shape index (κ1) is 19.7. The van der Waals surface area contributed by atoms with Crippen LogP contribution in [-0.2, 0) is 6.42 Å². The Kier molecular flexibility index (Phi) is 5.11. The van der Waals surface area contributed by atoms with Crippen molar-refractivity contribution in [2.75, 3.05) is 25.6 Å². The number of benzene rings is 2.